The Kier molecular flexibility index (Phi) is 4.58. The van der Waals surface area contributed by atoms with Crippen molar-refractivity contribution in [1.29, 1.82) is 0 Å². The van der Waals surface area contributed by atoms with Crippen molar-refractivity contribution in [1.82, 2.24) is 4.90 Å². The van der Waals surface area contributed by atoms with Crippen LogP contribution in [0.2, 0.25) is 0 Å². The second kappa shape index (κ2) is 5.00. The minimum atomic E-state index is -1.45. The Morgan fingerprint density at radius 1 is 1.40 bits per heavy atom. The van der Waals surface area contributed by atoms with Crippen molar-refractivity contribution < 1.29 is 19.4 Å². The molecule has 0 radical (unpaired) electrons. The number of carboxylic acids is 1. The molecule has 0 aromatic heterocycles. The molecule has 5 nitrogen and oxygen atoms in total. The summed E-state index contributed by atoms with van der Waals surface area (Å²) in [4.78, 5) is 23.5. The number of carbonyl (C=O) groups is 2. The highest BCUT2D eigenvalue weighted by Gasteiger charge is 2.38. The zero-order valence-electron chi connectivity index (χ0n) is 9.90. The monoisotopic (exact) mass is 217 g/mol. The summed E-state index contributed by atoms with van der Waals surface area (Å²) < 4.78 is 4.96. The van der Waals surface area contributed by atoms with Crippen LogP contribution in [0.3, 0.4) is 0 Å². The van der Waals surface area contributed by atoms with Crippen LogP contribution in [0.1, 0.15) is 27.2 Å². The van der Waals surface area contributed by atoms with Gasteiger partial charge in [0.15, 0.2) is 0 Å². The van der Waals surface area contributed by atoms with Crippen molar-refractivity contribution in [3.63, 3.8) is 0 Å². The van der Waals surface area contributed by atoms with Gasteiger partial charge in [0, 0.05) is 20.5 Å². The lowest BCUT2D eigenvalue weighted by Crippen LogP contribution is -2.44. The summed E-state index contributed by atoms with van der Waals surface area (Å²) in [6.07, 6.45) is -0.345. The zero-order valence-corrected chi connectivity index (χ0v) is 9.90. The fraction of sp³-hybridized carbons (Fsp3) is 0.800. The van der Waals surface area contributed by atoms with E-state index in [1.807, 2.05) is 13.8 Å². The molecule has 0 spiro atoms. The number of carboxylic acid groups (broad SMARTS) is 1. The number of hydrogen-bond acceptors (Lipinski definition) is 3. The highest BCUT2D eigenvalue weighted by molar-refractivity contribution is 5.80. The maximum Gasteiger partial charge on any atom is 0.410 e. The molecule has 0 aliphatic heterocycles. The third-order valence-corrected chi connectivity index (χ3v) is 1.93. The van der Waals surface area contributed by atoms with Crippen LogP contribution in [0.5, 0.6) is 0 Å². The first-order valence-electron chi connectivity index (χ1n) is 4.82. The Labute approximate surface area is 90.0 Å². The summed E-state index contributed by atoms with van der Waals surface area (Å²) >= 11 is 0. The maximum absolute atomic E-state index is 11.3. The van der Waals surface area contributed by atoms with Gasteiger partial charge < -0.3 is 14.7 Å². The van der Waals surface area contributed by atoms with Gasteiger partial charge in [0.25, 0.3) is 0 Å². The highest BCUT2D eigenvalue weighted by atomic mass is 16.6. The Morgan fingerprint density at radius 2 is 1.87 bits per heavy atom. The summed E-state index contributed by atoms with van der Waals surface area (Å²) in [5.74, 6) is -0.979. The molecule has 0 fully saturated rings. The molecule has 1 amide bonds. The average Bonchev–Trinajstić information content (AvgIpc) is 2.01. The minimum absolute atomic E-state index is 0.140. The summed E-state index contributed by atoms with van der Waals surface area (Å²) in [5, 5.41) is 9.02. The Morgan fingerprint density at radius 3 is 2.13 bits per heavy atom. The van der Waals surface area contributed by atoms with E-state index in [-0.39, 0.29) is 5.92 Å². The molecule has 0 saturated carbocycles. The molecule has 0 saturated heterocycles. The molecule has 5 heteroatoms. The van der Waals surface area contributed by atoms with Gasteiger partial charge in [0.2, 0.25) is 5.60 Å². The van der Waals surface area contributed by atoms with Crippen LogP contribution in [-0.4, -0.2) is 41.8 Å². The summed E-state index contributed by atoms with van der Waals surface area (Å²) in [5.41, 5.74) is -1.45. The first-order valence-corrected chi connectivity index (χ1v) is 4.82. The molecule has 0 aromatic rings. The molecule has 15 heavy (non-hydrogen) atoms. The lowest BCUT2D eigenvalue weighted by atomic mass is 9.94. The van der Waals surface area contributed by atoms with Gasteiger partial charge in [-0.25, -0.2) is 9.59 Å². The maximum atomic E-state index is 11.3. The number of aliphatic carboxylic acids is 1. The molecule has 1 atom stereocenters. The van der Waals surface area contributed by atoms with Gasteiger partial charge in [0.1, 0.15) is 0 Å². The lowest BCUT2D eigenvalue weighted by Gasteiger charge is -2.28. The molecule has 0 rings (SSSR count). The molecule has 0 aliphatic carbocycles. The van der Waals surface area contributed by atoms with E-state index in [0.717, 1.165) is 0 Å². The third-order valence-electron chi connectivity index (χ3n) is 1.93. The SMILES string of the molecule is CC(C)CC(C)(OC(=O)N(C)C)C(=O)O. The molecular formula is C10H19NO4. The van der Waals surface area contributed by atoms with Gasteiger partial charge in [-0.1, -0.05) is 13.8 Å². The Balaban J connectivity index is 4.66. The predicted molar refractivity (Wildman–Crippen MR) is 55.7 cm³/mol. The van der Waals surface area contributed by atoms with Gasteiger partial charge in [-0.3, -0.25) is 0 Å². The van der Waals surface area contributed by atoms with Crippen LogP contribution >= 0.6 is 0 Å². The van der Waals surface area contributed by atoms with Gasteiger partial charge in [-0.2, -0.15) is 0 Å². The number of ether oxygens (including phenoxy) is 1. The van der Waals surface area contributed by atoms with E-state index in [2.05, 4.69) is 0 Å². The van der Waals surface area contributed by atoms with Crippen LogP contribution in [0.25, 0.3) is 0 Å². The summed E-state index contributed by atoms with van der Waals surface area (Å²) in [6.45, 7) is 5.17. The second-order valence-corrected chi connectivity index (χ2v) is 4.40. The first-order chi connectivity index (χ1) is 6.69. The summed E-state index contributed by atoms with van der Waals surface area (Å²) in [7, 11) is 3.03. The van der Waals surface area contributed by atoms with E-state index in [1.165, 1.54) is 25.9 Å². The van der Waals surface area contributed by atoms with Crippen LogP contribution in [0.4, 0.5) is 4.79 Å². The van der Waals surface area contributed by atoms with Crippen molar-refractivity contribution in [2.24, 2.45) is 5.92 Å². The quantitative estimate of drug-likeness (QED) is 0.776. The van der Waals surface area contributed by atoms with E-state index in [9.17, 15) is 9.59 Å². The molecule has 0 aliphatic rings. The average molecular weight is 217 g/mol. The van der Waals surface area contributed by atoms with Crippen molar-refractivity contribution in [3.8, 4) is 0 Å². The van der Waals surface area contributed by atoms with Crippen LogP contribution in [0, 0.1) is 5.92 Å². The normalized spacial score (nSPS) is 14.5. The minimum Gasteiger partial charge on any atom is -0.478 e. The largest absolute Gasteiger partial charge is 0.478 e. The Hall–Kier alpha value is -1.26. The number of amides is 1. The zero-order chi connectivity index (χ0) is 12.2. The Bertz CT molecular complexity index is 250. The summed E-state index contributed by atoms with van der Waals surface area (Å²) in [6, 6.07) is 0. The molecule has 1 N–H and O–H groups in total. The van der Waals surface area contributed by atoms with Crippen LogP contribution in [-0.2, 0) is 9.53 Å². The smallest absolute Gasteiger partial charge is 0.410 e. The fourth-order valence-electron chi connectivity index (χ4n) is 1.24. The van der Waals surface area contributed by atoms with E-state index in [4.69, 9.17) is 9.84 Å². The number of hydrogen-bond donors (Lipinski definition) is 1. The predicted octanol–water partition coefficient (Wildman–Crippen LogP) is 1.57. The van der Waals surface area contributed by atoms with Crippen molar-refractivity contribution in [2.75, 3.05) is 14.1 Å². The topological polar surface area (TPSA) is 66.8 Å². The molecule has 0 bridgehead atoms. The molecule has 1 unspecified atom stereocenters. The fourth-order valence-corrected chi connectivity index (χ4v) is 1.24. The highest BCUT2D eigenvalue weighted by Crippen LogP contribution is 2.22. The number of nitrogens with zero attached hydrogens (tertiary/aromatic N) is 1. The van der Waals surface area contributed by atoms with Gasteiger partial charge in [-0.15, -0.1) is 0 Å². The van der Waals surface area contributed by atoms with Crippen molar-refractivity contribution in [2.45, 2.75) is 32.8 Å². The van der Waals surface area contributed by atoms with E-state index < -0.39 is 17.7 Å². The number of carbonyl (C=O) groups excluding carboxylic acids is 1. The number of rotatable bonds is 4. The molecular weight excluding hydrogens is 198 g/mol. The van der Waals surface area contributed by atoms with Crippen LogP contribution in [0.15, 0.2) is 0 Å². The molecule has 0 aromatic carbocycles. The molecule has 88 valence electrons. The van der Waals surface area contributed by atoms with Crippen molar-refractivity contribution in [3.05, 3.63) is 0 Å². The van der Waals surface area contributed by atoms with Gasteiger partial charge in [0.05, 0.1) is 0 Å². The van der Waals surface area contributed by atoms with Gasteiger partial charge in [-0.05, 0) is 12.8 Å². The van der Waals surface area contributed by atoms with E-state index in [0.29, 0.717) is 6.42 Å². The third kappa shape index (κ3) is 4.18. The standard InChI is InChI=1S/C10H19NO4/c1-7(2)6-10(3,8(12)13)15-9(14)11(4)5/h7H,6H2,1-5H3,(H,12,13). The van der Waals surface area contributed by atoms with Gasteiger partial charge >= 0.3 is 12.1 Å². The van der Waals surface area contributed by atoms with Crippen molar-refractivity contribution >= 4 is 12.1 Å². The second-order valence-electron chi connectivity index (χ2n) is 4.40. The lowest BCUT2D eigenvalue weighted by molar-refractivity contribution is -0.159. The van der Waals surface area contributed by atoms with Crippen LogP contribution < -0.4 is 0 Å². The first kappa shape index (κ1) is 13.7. The molecule has 0 heterocycles. The van der Waals surface area contributed by atoms with E-state index >= 15 is 0 Å². The van der Waals surface area contributed by atoms with E-state index in [1.54, 1.807) is 0 Å².